The highest BCUT2D eigenvalue weighted by atomic mass is 79.9. The van der Waals surface area contributed by atoms with Crippen LogP contribution < -0.4 is 5.32 Å². The fourth-order valence-corrected chi connectivity index (χ4v) is 2.54. The van der Waals surface area contributed by atoms with E-state index < -0.39 is 10.8 Å². The van der Waals surface area contributed by atoms with Crippen molar-refractivity contribution in [2.24, 2.45) is 0 Å². The molecule has 126 valence electrons. The molecule has 0 bridgehead atoms. The van der Waals surface area contributed by atoms with Gasteiger partial charge >= 0.3 is 0 Å². The van der Waals surface area contributed by atoms with Crippen LogP contribution in [0.3, 0.4) is 0 Å². The van der Waals surface area contributed by atoms with Crippen LogP contribution in [0.25, 0.3) is 6.08 Å². The second-order valence-corrected chi connectivity index (χ2v) is 6.19. The normalized spacial score (nSPS) is 10.9. The quantitative estimate of drug-likeness (QED) is 0.353. The number of amides is 1. The highest BCUT2D eigenvalue weighted by Crippen LogP contribution is 2.27. The summed E-state index contributed by atoms with van der Waals surface area (Å²) in [6, 6.07) is 11.7. The molecule has 2 aromatic carbocycles. The third-order valence-corrected chi connectivity index (χ3v) is 4.37. The SMILES string of the molecule is Cc1cccc(NC(=O)/C(C#N)=C\c2ccc(Br)c([N+](=O)[O-])c2)c1C. The number of carbonyl (C=O) groups excluding carboxylic acids is 1. The number of carbonyl (C=O) groups is 1. The standard InChI is InChI=1S/C18H14BrN3O3/c1-11-4-3-5-16(12(11)2)21-18(23)14(10-20)8-13-6-7-15(19)17(9-13)22(24)25/h3-9H,1-2H3,(H,21,23)/b14-8-. The summed E-state index contributed by atoms with van der Waals surface area (Å²) in [6.45, 7) is 3.80. The Balaban J connectivity index is 2.33. The molecule has 2 rings (SSSR count). The van der Waals surface area contributed by atoms with E-state index in [0.29, 0.717) is 15.7 Å². The topological polar surface area (TPSA) is 96.0 Å². The molecular weight excluding hydrogens is 386 g/mol. The molecule has 0 atom stereocenters. The van der Waals surface area contributed by atoms with Crippen molar-refractivity contribution in [3.63, 3.8) is 0 Å². The second kappa shape index (κ2) is 7.73. The van der Waals surface area contributed by atoms with E-state index in [1.165, 1.54) is 18.2 Å². The third kappa shape index (κ3) is 4.31. The number of nitro benzene ring substituents is 1. The zero-order valence-electron chi connectivity index (χ0n) is 13.5. The number of benzene rings is 2. The van der Waals surface area contributed by atoms with Crippen LogP contribution in [0.4, 0.5) is 11.4 Å². The summed E-state index contributed by atoms with van der Waals surface area (Å²) < 4.78 is 0.327. The maximum atomic E-state index is 12.4. The Morgan fingerprint density at radius 2 is 2.04 bits per heavy atom. The number of hydrogen-bond donors (Lipinski definition) is 1. The summed E-state index contributed by atoms with van der Waals surface area (Å²) in [4.78, 5) is 22.8. The summed E-state index contributed by atoms with van der Waals surface area (Å²) in [6.07, 6.45) is 1.32. The molecule has 0 fully saturated rings. The summed E-state index contributed by atoms with van der Waals surface area (Å²) in [5.41, 5.74) is 2.66. The number of nitrogens with one attached hydrogen (secondary N) is 1. The first-order valence-electron chi connectivity index (χ1n) is 7.26. The molecule has 0 unspecified atom stereocenters. The van der Waals surface area contributed by atoms with Crippen molar-refractivity contribution in [2.45, 2.75) is 13.8 Å². The largest absolute Gasteiger partial charge is 0.321 e. The zero-order valence-corrected chi connectivity index (χ0v) is 15.1. The lowest BCUT2D eigenvalue weighted by atomic mass is 10.1. The molecule has 7 heteroatoms. The van der Waals surface area contributed by atoms with Crippen LogP contribution in [-0.2, 0) is 4.79 Å². The number of nitro groups is 1. The molecule has 6 nitrogen and oxygen atoms in total. The van der Waals surface area contributed by atoms with Crippen molar-refractivity contribution in [2.75, 3.05) is 5.32 Å². The Bertz CT molecular complexity index is 930. The van der Waals surface area contributed by atoms with Crippen molar-refractivity contribution in [3.05, 3.63) is 73.2 Å². The van der Waals surface area contributed by atoms with Crippen molar-refractivity contribution in [1.29, 1.82) is 5.26 Å². The van der Waals surface area contributed by atoms with Crippen molar-refractivity contribution in [1.82, 2.24) is 0 Å². The monoisotopic (exact) mass is 399 g/mol. The number of rotatable bonds is 4. The smallest absolute Gasteiger partial charge is 0.284 e. The van der Waals surface area contributed by atoms with E-state index >= 15 is 0 Å². The molecule has 0 saturated heterocycles. The van der Waals surface area contributed by atoms with Gasteiger partial charge in [-0.25, -0.2) is 0 Å². The summed E-state index contributed by atoms with van der Waals surface area (Å²) in [5.74, 6) is -0.568. The Hall–Kier alpha value is -2.98. The van der Waals surface area contributed by atoms with Crippen LogP contribution in [0.5, 0.6) is 0 Å². The molecule has 1 amide bonds. The minimum atomic E-state index is -0.568. The second-order valence-electron chi connectivity index (χ2n) is 5.34. The van der Waals surface area contributed by atoms with E-state index in [1.807, 2.05) is 32.0 Å². The minimum Gasteiger partial charge on any atom is -0.321 e. The van der Waals surface area contributed by atoms with Crippen LogP contribution in [0.2, 0.25) is 0 Å². The van der Waals surface area contributed by atoms with Gasteiger partial charge in [0.1, 0.15) is 11.6 Å². The van der Waals surface area contributed by atoms with Crippen LogP contribution in [0, 0.1) is 35.3 Å². The highest BCUT2D eigenvalue weighted by Gasteiger charge is 2.14. The van der Waals surface area contributed by atoms with Gasteiger partial charge in [0, 0.05) is 11.8 Å². The zero-order chi connectivity index (χ0) is 18.6. The molecule has 2 aromatic rings. The van der Waals surface area contributed by atoms with Gasteiger partial charge < -0.3 is 5.32 Å². The number of anilines is 1. The number of nitriles is 1. The lowest BCUT2D eigenvalue weighted by molar-refractivity contribution is -0.385. The Morgan fingerprint density at radius 1 is 1.32 bits per heavy atom. The number of nitrogens with zero attached hydrogens (tertiary/aromatic N) is 2. The molecule has 0 saturated carbocycles. The molecule has 0 aliphatic heterocycles. The van der Waals surface area contributed by atoms with Crippen molar-refractivity contribution < 1.29 is 9.72 Å². The molecule has 25 heavy (non-hydrogen) atoms. The molecule has 0 heterocycles. The maximum absolute atomic E-state index is 12.4. The maximum Gasteiger partial charge on any atom is 0.284 e. The molecule has 1 N–H and O–H groups in total. The van der Waals surface area contributed by atoms with E-state index in [9.17, 15) is 20.2 Å². The first-order chi connectivity index (χ1) is 11.8. The van der Waals surface area contributed by atoms with Gasteiger partial charge in [-0.05, 0) is 64.7 Å². The van der Waals surface area contributed by atoms with Crippen LogP contribution in [0.1, 0.15) is 16.7 Å². The number of aryl methyl sites for hydroxylation is 1. The summed E-state index contributed by atoms with van der Waals surface area (Å²) in [5, 5.41) is 23.0. The average molecular weight is 400 g/mol. The van der Waals surface area contributed by atoms with E-state index in [-0.39, 0.29) is 11.3 Å². The molecule has 0 aliphatic carbocycles. The minimum absolute atomic E-state index is 0.138. The van der Waals surface area contributed by atoms with Crippen LogP contribution in [-0.4, -0.2) is 10.8 Å². The fraction of sp³-hybridized carbons (Fsp3) is 0.111. The molecular formula is C18H14BrN3O3. The lowest BCUT2D eigenvalue weighted by Gasteiger charge is -2.09. The highest BCUT2D eigenvalue weighted by molar-refractivity contribution is 9.10. The average Bonchev–Trinajstić information content (AvgIpc) is 2.57. The summed E-state index contributed by atoms with van der Waals surface area (Å²) in [7, 11) is 0. The Labute approximate surface area is 153 Å². The Kier molecular flexibility index (Phi) is 5.67. The van der Waals surface area contributed by atoms with Gasteiger partial charge in [0.2, 0.25) is 0 Å². The van der Waals surface area contributed by atoms with Crippen LogP contribution >= 0.6 is 15.9 Å². The lowest BCUT2D eigenvalue weighted by Crippen LogP contribution is -2.14. The first kappa shape index (κ1) is 18.4. The molecule has 0 radical (unpaired) electrons. The third-order valence-electron chi connectivity index (χ3n) is 3.70. The van der Waals surface area contributed by atoms with E-state index in [0.717, 1.165) is 11.1 Å². The number of hydrogen-bond acceptors (Lipinski definition) is 4. The predicted octanol–water partition coefficient (Wildman–Crippen LogP) is 4.52. The van der Waals surface area contributed by atoms with Gasteiger partial charge in [0.05, 0.1) is 9.40 Å². The molecule has 0 aliphatic rings. The van der Waals surface area contributed by atoms with Crippen molar-refractivity contribution in [3.8, 4) is 6.07 Å². The van der Waals surface area contributed by atoms with E-state index in [4.69, 9.17) is 0 Å². The van der Waals surface area contributed by atoms with Crippen molar-refractivity contribution >= 4 is 39.3 Å². The molecule has 0 aromatic heterocycles. The Morgan fingerprint density at radius 3 is 2.68 bits per heavy atom. The summed E-state index contributed by atoms with van der Waals surface area (Å²) >= 11 is 3.10. The van der Waals surface area contributed by atoms with Gasteiger partial charge in [-0.15, -0.1) is 0 Å². The van der Waals surface area contributed by atoms with Gasteiger partial charge in [-0.3, -0.25) is 14.9 Å². The van der Waals surface area contributed by atoms with E-state index in [2.05, 4.69) is 21.2 Å². The predicted molar refractivity (Wildman–Crippen MR) is 98.9 cm³/mol. The first-order valence-corrected chi connectivity index (χ1v) is 8.06. The fourth-order valence-electron chi connectivity index (χ4n) is 2.15. The molecule has 0 spiro atoms. The van der Waals surface area contributed by atoms with Gasteiger partial charge in [0.15, 0.2) is 0 Å². The van der Waals surface area contributed by atoms with Gasteiger partial charge in [-0.1, -0.05) is 18.2 Å². The van der Waals surface area contributed by atoms with Gasteiger partial charge in [0.25, 0.3) is 11.6 Å². The van der Waals surface area contributed by atoms with Crippen LogP contribution in [0.15, 0.2) is 46.4 Å². The van der Waals surface area contributed by atoms with E-state index in [1.54, 1.807) is 12.1 Å². The van der Waals surface area contributed by atoms with Gasteiger partial charge in [-0.2, -0.15) is 5.26 Å². The number of halogens is 1.